The molecule has 2 aromatic heterocycles. The van der Waals surface area contributed by atoms with E-state index < -0.39 is 11.6 Å². The van der Waals surface area contributed by atoms with Crippen molar-refractivity contribution in [3.05, 3.63) is 66.1 Å². The summed E-state index contributed by atoms with van der Waals surface area (Å²) in [6.45, 7) is 0.511. The van der Waals surface area contributed by atoms with Gasteiger partial charge in [-0.2, -0.15) is 10.1 Å². The molecule has 0 unspecified atom stereocenters. The Morgan fingerprint density at radius 3 is 2.78 bits per heavy atom. The highest BCUT2D eigenvalue weighted by molar-refractivity contribution is 5.54. The lowest BCUT2D eigenvalue weighted by atomic mass is 10.3. The van der Waals surface area contributed by atoms with E-state index in [0.29, 0.717) is 12.4 Å². The van der Waals surface area contributed by atoms with Gasteiger partial charge in [-0.15, -0.1) is 5.10 Å². The first-order valence-corrected chi connectivity index (χ1v) is 6.75. The van der Waals surface area contributed by atoms with Gasteiger partial charge in [0, 0.05) is 25.0 Å². The number of aromatic nitrogens is 4. The van der Waals surface area contributed by atoms with Gasteiger partial charge in [0.15, 0.2) is 5.82 Å². The summed E-state index contributed by atoms with van der Waals surface area (Å²) in [5.41, 5.74) is 1.04. The molecule has 0 amide bonds. The molecule has 0 saturated carbocycles. The van der Waals surface area contributed by atoms with Crippen LogP contribution >= 0.6 is 0 Å². The Labute approximate surface area is 130 Å². The van der Waals surface area contributed by atoms with E-state index in [1.54, 1.807) is 12.4 Å². The van der Waals surface area contributed by atoms with Crippen molar-refractivity contribution < 1.29 is 8.78 Å². The van der Waals surface area contributed by atoms with Crippen molar-refractivity contribution in [3.8, 4) is 0 Å². The molecule has 0 saturated heterocycles. The van der Waals surface area contributed by atoms with Gasteiger partial charge in [0.1, 0.15) is 11.6 Å². The van der Waals surface area contributed by atoms with Crippen LogP contribution < -0.4 is 10.6 Å². The van der Waals surface area contributed by atoms with Gasteiger partial charge in [-0.3, -0.25) is 4.98 Å². The van der Waals surface area contributed by atoms with Crippen LogP contribution in [0.15, 0.2) is 48.9 Å². The second kappa shape index (κ2) is 6.73. The highest BCUT2D eigenvalue weighted by Gasteiger charge is 2.07. The van der Waals surface area contributed by atoms with Crippen LogP contribution in [0, 0.1) is 11.6 Å². The lowest BCUT2D eigenvalue weighted by Gasteiger charge is -2.08. The van der Waals surface area contributed by atoms with Crippen molar-refractivity contribution in [2.45, 2.75) is 6.54 Å². The molecule has 0 spiro atoms. The normalized spacial score (nSPS) is 10.3. The Hall–Kier alpha value is -3.16. The number of pyridine rings is 1. The van der Waals surface area contributed by atoms with Crippen LogP contribution in [-0.4, -0.2) is 20.2 Å². The minimum absolute atomic E-state index is 0.0672. The SMILES string of the molecule is Fc1ccc(Nc2nncc(NCc3cccnc3)n2)c(F)c1. The highest BCUT2D eigenvalue weighted by atomic mass is 19.1. The maximum Gasteiger partial charge on any atom is 0.249 e. The molecule has 3 aromatic rings. The highest BCUT2D eigenvalue weighted by Crippen LogP contribution is 2.18. The molecule has 0 fully saturated rings. The first-order valence-electron chi connectivity index (χ1n) is 6.75. The summed E-state index contributed by atoms with van der Waals surface area (Å²) in [4.78, 5) is 8.18. The fraction of sp³-hybridized carbons (Fsp3) is 0.0667. The van der Waals surface area contributed by atoms with Crippen molar-refractivity contribution in [3.63, 3.8) is 0 Å². The summed E-state index contributed by atoms with van der Waals surface area (Å²) in [6, 6.07) is 6.94. The maximum absolute atomic E-state index is 13.6. The second-order valence-electron chi connectivity index (χ2n) is 4.63. The van der Waals surface area contributed by atoms with E-state index in [1.165, 1.54) is 12.3 Å². The van der Waals surface area contributed by atoms with Gasteiger partial charge in [-0.1, -0.05) is 6.07 Å². The molecule has 3 rings (SSSR count). The van der Waals surface area contributed by atoms with E-state index >= 15 is 0 Å². The van der Waals surface area contributed by atoms with Gasteiger partial charge in [-0.25, -0.2) is 8.78 Å². The lowest BCUT2D eigenvalue weighted by Crippen LogP contribution is -2.06. The fourth-order valence-electron chi connectivity index (χ4n) is 1.85. The standard InChI is InChI=1S/C15H12F2N6/c16-11-3-4-13(12(17)6-11)21-15-22-14(9-20-23-15)19-8-10-2-1-5-18-7-10/h1-7,9H,8H2,(H2,19,21,22,23). The summed E-state index contributed by atoms with van der Waals surface area (Å²) >= 11 is 0. The van der Waals surface area contributed by atoms with E-state index in [1.807, 2.05) is 12.1 Å². The average molecular weight is 314 g/mol. The Morgan fingerprint density at radius 2 is 2.00 bits per heavy atom. The Bertz CT molecular complexity index is 797. The van der Waals surface area contributed by atoms with Crippen LogP contribution in [0.4, 0.5) is 26.2 Å². The number of nitrogens with zero attached hydrogens (tertiary/aromatic N) is 4. The van der Waals surface area contributed by atoms with Crippen molar-refractivity contribution in [1.82, 2.24) is 20.2 Å². The maximum atomic E-state index is 13.6. The summed E-state index contributed by atoms with van der Waals surface area (Å²) in [6.07, 6.45) is 4.87. The van der Waals surface area contributed by atoms with Gasteiger partial charge in [-0.05, 0) is 23.8 Å². The zero-order valence-corrected chi connectivity index (χ0v) is 11.9. The number of nitrogens with one attached hydrogen (secondary N) is 2. The molecule has 0 aliphatic heterocycles. The van der Waals surface area contributed by atoms with Crippen molar-refractivity contribution in [1.29, 1.82) is 0 Å². The van der Waals surface area contributed by atoms with Crippen molar-refractivity contribution in [2.75, 3.05) is 10.6 Å². The van der Waals surface area contributed by atoms with Gasteiger partial charge >= 0.3 is 0 Å². The second-order valence-corrected chi connectivity index (χ2v) is 4.63. The molecular weight excluding hydrogens is 302 g/mol. The molecule has 0 aliphatic carbocycles. The van der Waals surface area contributed by atoms with E-state index in [9.17, 15) is 8.78 Å². The monoisotopic (exact) mass is 314 g/mol. The number of hydrogen-bond acceptors (Lipinski definition) is 6. The van der Waals surface area contributed by atoms with Crippen LogP contribution in [0.1, 0.15) is 5.56 Å². The van der Waals surface area contributed by atoms with Crippen LogP contribution in [0.2, 0.25) is 0 Å². The predicted molar refractivity (Wildman–Crippen MR) is 81.0 cm³/mol. The van der Waals surface area contributed by atoms with Gasteiger partial charge in [0.25, 0.3) is 0 Å². The van der Waals surface area contributed by atoms with Crippen LogP contribution in [0.3, 0.4) is 0 Å². The fourth-order valence-corrected chi connectivity index (χ4v) is 1.85. The van der Waals surface area contributed by atoms with E-state index in [0.717, 1.165) is 17.7 Å². The average Bonchev–Trinajstić information content (AvgIpc) is 2.57. The molecule has 2 N–H and O–H groups in total. The molecule has 6 nitrogen and oxygen atoms in total. The molecule has 1 aromatic carbocycles. The third-order valence-electron chi connectivity index (χ3n) is 2.93. The van der Waals surface area contributed by atoms with E-state index in [-0.39, 0.29) is 11.6 Å². The summed E-state index contributed by atoms with van der Waals surface area (Å²) in [7, 11) is 0. The van der Waals surface area contributed by atoms with Crippen molar-refractivity contribution in [2.24, 2.45) is 0 Å². The smallest absolute Gasteiger partial charge is 0.249 e. The number of anilines is 3. The lowest BCUT2D eigenvalue weighted by molar-refractivity contribution is 0.586. The molecular formula is C15H12F2N6. The number of benzene rings is 1. The zero-order chi connectivity index (χ0) is 16.1. The third-order valence-corrected chi connectivity index (χ3v) is 2.93. The number of halogens is 2. The first kappa shape index (κ1) is 14.8. The molecule has 2 heterocycles. The Kier molecular flexibility index (Phi) is 4.32. The van der Waals surface area contributed by atoms with E-state index in [2.05, 4.69) is 30.8 Å². The summed E-state index contributed by atoms with van der Waals surface area (Å²) in [5.74, 6) is -0.818. The molecule has 0 bridgehead atoms. The quantitative estimate of drug-likeness (QED) is 0.754. The number of hydrogen-bond donors (Lipinski definition) is 2. The molecule has 116 valence electrons. The van der Waals surface area contributed by atoms with Crippen LogP contribution in [0.5, 0.6) is 0 Å². The topological polar surface area (TPSA) is 75.6 Å². The minimum Gasteiger partial charge on any atom is -0.364 e. The molecule has 0 atom stereocenters. The Morgan fingerprint density at radius 1 is 1.09 bits per heavy atom. The zero-order valence-electron chi connectivity index (χ0n) is 11.9. The van der Waals surface area contributed by atoms with E-state index in [4.69, 9.17) is 0 Å². The molecule has 0 aliphatic rings. The molecule has 0 radical (unpaired) electrons. The largest absolute Gasteiger partial charge is 0.364 e. The Balaban J connectivity index is 1.69. The minimum atomic E-state index is -0.734. The van der Waals surface area contributed by atoms with Crippen LogP contribution in [-0.2, 0) is 6.54 Å². The first-order chi connectivity index (χ1) is 11.2. The van der Waals surface area contributed by atoms with Gasteiger partial charge in [0.2, 0.25) is 5.95 Å². The van der Waals surface area contributed by atoms with Crippen molar-refractivity contribution >= 4 is 17.5 Å². The third kappa shape index (κ3) is 3.94. The number of rotatable bonds is 5. The van der Waals surface area contributed by atoms with Crippen LogP contribution in [0.25, 0.3) is 0 Å². The molecule has 8 heteroatoms. The van der Waals surface area contributed by atoms with Gasteiger partial charge < -0.3 is 10.6 Å². The molecule has 23 heavy (non-hydrogen) atoms. The summed E-state index contributed by atoms with van der Waals surface area (Å²) in [5, 5.41) is 13.3. The predicted octanol–water partition coefficient (Wildman–Crippen LogP) is 2.90. The summed E-state index contributed by atoms with van der Waals surface area (Å²) < 4.78 is 26.5. The van der Waals surface area contributed by atoms with Gasteiger partial charge in [0.05, 0.1) is 11.9 Å².